The molecule has 0 N–H and O–H groups in total. The SMILES string of the molecule is CC(C)C[Si](CC(C)C)(CC(C)C)OC(=O)c1ccccc1. The van der Waals surface area contributed by atoms with E-state index in [0.29, 0.717) is 23.3 Å². The van der Waals surface area contributed by atoms with Gasteiger partial charge >= 0.3 is 5.97 Å². The van der Waals surface area contributed by atoms with E-state index in [1.165, 1.54) is 0 Å². The molecule has 0 spiro atoms. The lowest BCUT2D eigenvalue weighted by Crippen LogP contribution is -2.44. The second-order valence-electron chi connectivity index (χ2n) is 7.73. The van der Waals surface area contributed by atoms with Crippen LogP contribution in [0.1, 0.15) is 51.9 Å². The zero-order chi connectivity index (χ0) is 16.8. The molecule has 124 valence electrons. The molecule has 0 radical (unpaired) electrons. The molecule has 0 aliphatic rings. The lowest BCUT2D eigenvalue weighted by Gasteiger charge is -2.35. The van der Waals surface area contributed by atoms with Crippen molar-refractivity contribution < 1.29 is 9.22 Å². The number of carbonyl (C=O) groups is 1. The standard InChI is InChI=1S/C19H32O2Si/c1-15(2)12-22(13-16(3)4,14-17(5)6)21-19(20)18-10-8-7-9-11-18/h7-11,15-17H,12-14H2,1-6H3. The van der Waals surface area contributed by atoms with Crippen LogP contribution in [0.4, 0.5) is 0 Å². The van der Waals surface area contributed by atoms with Crippen LogP contribution in [0.25, 0.3) is 0 Å². The summed E-state index contributed by atoms with van der Waals surface area (Å²) in [7, 11) is -2.08. The summed E-state index contributed by atoms with van der Waals surface area (Å²) in [6.07, 6.45) is 0. The Kier molecular flexibility index (Phi) is 7.34. The second-order valence-corrected chi connectivity index (χ2v) is 11.5. The summed E-state index contributed by atoms with van der Waals surface area (Å²) >= 11 is 0. The topological polar surface area (TPSA) is 26.3 Å². The van der Waals surface area contributed by atoms with Gasteiger partial charge in [-0.25, -0.2) is 4.79 Å². The first-order valence-corrected chi connectivity index (χ1v) is 11.1. The summed E-state index contributed by atoms with van der Waals surface area (Å²) in [4.78, 5) is 12.6. The zero-order valence-electron chi connectivity index (χ0n) is 15.1. The van der Waals surface area contributed by atoms with E-state index in [0.717, 1.165) is 18.1 Å². The van der Waals surface area contributed by atoms with Crippen LogP contribution in [0.5, 0.6) is 0 Å². The monoisotopic (exact) mass is 320 g/mol. The maximum atomic E-state index is 12.6. The molecule has 1 aromatic carbocycles. The number of rotatable bonds is 8. The Bertz CT molecular complexity index is 425. The van der Waals surface area contributed by atoms with Gasteiger partial charge in [-0.3, -0.25) is 0 Å². The predicted molar refractivity (Wildman–Crippen MR) is 96.5 cm³/mol. The van der Waals surface area contributed by atoms with E-state index in [1.807, 2.05) is 30.3 Å². The van der Waals surface area contributed by atoms with Gasteiger partial charge in [-0.1, -0.05) is 59.7 Å². The van der Waals surface area contributed by atoms with E-state index in [2.05, 4.69) is 41.5 Å². The zero-order valence-corrected chi connectivity index (χ0v) is 16.1. The maximum absolute atomic E-state index is 12.6. The normalized spacial score (nSPS) is 12.2. The Morgan fingerprint density at radius 2 is 1.27 bits per heavy atom. The molecule has 0 amide bonds. The van der Waals surface area contributed by atoms with Crippen molar-refractivity contribution in [3.05, 3.63) is 35.9 Å². The number of benzene rings is 1. The summed E-state index contributed by atoms with van der Waals surface area (Å²) in [6, 6.07) is 12.6. The minimum Gasteiger partial charge on any atom is -0.516 e. The molecule has 0 bridgehead atoms. The Morgan fingerprint density at radius 3 is 1.64 bits per heavy atom. The smallest absolute Gasteiger partial charge is 0.324 e. The van der Waals surface area contributed by atoms with Gasteiger partial charge in [0, 0.05) is 0 Å². The van der Waals surface area contributed by atoms with Crippen molar-refractivity contribution in [2.24, 2.45) is 17.8 Å². The van der Waals surface area contributed by atoms with Crippen molar-refractivity contribution in [1.29, 1.82) is 0 Å². The van der Waals surface area contributed by atoms with E-state index < -0.39 is 8.32 Å². The van der Waals surface area contributed by atoms with Crippen molar-refractivity contribution in [3.8, 4) is 0 Å². The van der Waals surface area contributed by atoms with Gasteiger partial charge in [-0.15, -0.1) is 0 Å². The van der Waals surface area contributed by atoms with Crippen LogP contribution in [0.3, 0.4) is 0 Å². The van der Waals surface area contributed by atoms with Crippen molar-refractivity contribution in [1.82, 2.24) is 0 Å². The van der Waals surface area contributed by atoms with Crippen LogP contribution >= 0.6 is 0 Å². The molecule has 0 saturated heterocycles. The largest absolute Gasteiger partial charge is 0.516 e. The number of carbonyl (C=O) groups excluding carboxylic acids is 1. The molecule has 0 aliphatic carbocycles. The molecule has 0 unspecified atom stereocenters. The Hall–Kier alpha value is -1.09. The average Bonchev–Trinajstić information content (AvgIpc) is 2.36. The van der Waals surface area contributed by atoms with Gasteiger partial charge in [0.05, 0.1) is 5.56 Å². The fraction of sp³-hybridized carbons (Fsp3) is 0.632. The third-order valence-corrected chi connectivity index (χ3v) is 8.96. The quantitative estimate of drug-likeness (QED) is 0.569. The molecule has 0 aliphatic heterocycles. The average molecular weight is 321 g/mol. The van der Waals surface area contributed by atoms with Gasteiger partial charge in [-0.05, 0) is 48.0 Å². The van der Waals surface area contributed by atoms with E-state index in [4.69, 9.17) is 4.43 Å². The molecule has 0 saturated carbocycles. The van der Waals surface area contributed by atoms with Gasteiger partial charge in [0.1, 0.15) is 0 Å². The highest BCUT2D eigenvalue weighted by molar-refractivity contribution is 6.75. The lowest BCUT2D eigenvalue weighted by molar-refractivity contribution is 0.0712. The highest BCUT2D eigenvalue weighted by atomic mass is 28.4. The van der Waals surface area contributed by atoms with Crippen molar-refractivity contribution >= 4 is 14.3 Å². The molecule has 0 atom stereocenters. The minimum absolute atomic E-state index is 0.130. The molecule has 1 rings (SSSR count). The third-order valence-electron chi connectivity index (χ3n) is 3.66. The molecule has 0 fully saturated rings. The molecule has 22 heavy (non-hydrogen) atoms. The van der Waals surface area contributed by atoms with Crippen molar-refractivity contribution in [2.75, 3.05) is 0 Å². The van der Waals surface area contributed by atoms with Crippen molar-refractivity contribution in [3.63, 3.8) is 0 Å². The van der Waals surface area contributed by atoms with E-state index in [-0.39, 0.29) is 5.97 Å². The van der Waals surface area contributed by atoms with E-state index >= 15 is 0 Å². The van der Waals surface area contributed by atoms with Crippen LogP contribution in [-0.2, 0) is 4.43 Å². The molecular weight excluding hydrogens is 288 g/mol. The van der Waals surface area contributed by atoms with Gasteiger partial charge < -0.3 is 4.43 Å². The van der Waals surface area contributed by atoms with Crippen LogP contribution in [-0.4, -0.2) is 14.3 Å². The minimum atomic E-state index is -2.08. The summed E-state index contributed by atoms with van der Waals surface area (Å²) in [6.45, 7) is 13.4. The van der Waals surface area contributed by atoms with E-state index in [9.17, 15) is 4.79 Å². The number of hydrogen-bond donors (Lipinski definition) is 0. The summed E-state index contributed by atoms with van der Waals surface area (Å²) < 4.78 is 6.26. The first-order chi connectivity index (χ1) is 10.2. The van der Waals surface area contributed by atoms with Crippen LogP contribution in [0.2, 0.25) is 18.1 Å². The highest BCUT2D eigenvalue weighted by Gasteiger charge is 2.40. The van der Waals surface area contributed by atoms with E-state index in [1.54, 1.807) is 0 Å². The molecule has 0 aromatic heterocycles. The molecule has 0 heterocycles. The predicted octanol–water partition coefficient (Wildman–Crippen LogP) is 5.76. The second kappa shape index (κ2) is 8.52. The summed E-state index contributed by atoms with van der Waals surface area (Å²) in [5.41, 5.74) is 0.677. The maximum Gasteiger partial charge on any atom is 0.324 e. The van der Waals surface area contributed by atoms with Crippen LogP contribution in [0.15, 0.2) is 30.3 Å². The van der Waals surface area contributed by atoms with Crippen molar-refractivity contribution in [2.45, 2.75) is 59.7 Å². The molecular formula is C19H32O2Si. The molecule has 3 heteroatoms. The van der Waals surface area contributed by atoms with Gasteiger partial charge in [-0.2, -0.15) is 0 Å². The number of hydrogen-bond acceptors (Lipinski definition) is 2. The van der Waals surface area contributed by atoms with Gasteiger partial charge in [0.25, 0.3) is 8.32 Å². The first-order valence-electron chi connectivity index (χ1n) is 8.52. The fourth-order valence-corrected chi connectivity index (χ4v) is 9.16. The van der Waals surface area contributed by atoms with Gasteiger partial charge in [0.15, 0.2) is 0 Å². The Balaban J connectivity index is 3.02. The summed E-state index contributed by atoms with van der Waals surface area (Å²) in [5.74, 6) is 1.56. The Morgan fingerprint density at radius 1 is 0.864 bits per heavy atom. The molecule has 2 nitrogen and oxygen atoms in total. The summed E-state index contributed by atoms with van der Waals surface area (Å²) in [5, 5.41) is 0. The van der Waals surface area contributed by atoms with Gasteiger partial charge in [0.2, 0.25) is 0 Å². The van der Waals surface area contributed by atoms with Crippen LogP contribution in [0, 0.1) is 17.8 Å². The first kappa shape index (κ1) is 19.0. The molecule has 1 aromatic rings. The fourth-order valence-electron chi connectivity index (χ4n) is 3.44. The van der Waals surface area contributed by atoms with Crippen LogP contribution < -0.4 is 0 Å². The Labute approximate surface area is 137 Å². The lowest BCUT2D eigenvalue weighted by atomic mass is 10.2. The highest BCUT2D eigenvalue weighted by Crippen LogP contribution is 2.33. The third kappa shape index (κ3) is 6.35.